The molecule has 0 amide bonds. The topological polar surface area (TPSA) is 0 Å². The maximum absolute atomic E-state index is 12.9. The zero-order chi connectivity index (χ0) is 13.1. The molecule has 1 aromatic rings. The molecule has 6 heteroatoms. The third kappa shape index (κ3) is 3.66. The van der Waals surface area contributed by atoms with E-state index in [4.69, 9.17) is 0 Å². The van der Waals surface area contributed by atoms with Crippen LogP contribution in [0.5, 0.6) is 0 Å². The molecule has 0 aromatic heterocycles. The number of benzene rings is 1. The van der Waals surface area contributed by atoms with Gasteiger partial charge in [0.15, 0.2) is 0 Å². The normalized spacial score (nSPS) is 14.7. The van der Waals surface area contributed by atoms with Gasteiger partial charge < -0.3 is 0 Å². The summed E-state index contributed by atoms with van der Waals surface area (Å²) in [6.45, 7) is 0. The molecular formula is C11H10BrF5. The first-order valence-electron chi connectivity index (χ1n) is 4.87. The highest BCUT2D eigenvalue weighted by Crippen LogP contribution is 2.42. The van der Waals surface area contributed by atoms with Gasteiger partial charge in [-0.05, 0) is 18.4 Å². The Bertz CT molecular complexity index is 347. The van der Waals surface area contributed by atoms with Crippen LogP contribution in [0.25, 0.3) is 0 Å². The van der Waals surface area contributed by atoms with E-state index in [1.54, 1.807) is 30.3 Å². The first-order valence-corrected chi connectivity index (χ1v) is 5.79. The molecule has 1 rings (SSSR count). The molecule has 0 saturated heterocycles. The number of hydrogen-bond donors (Lipinski definition) is 0. The van der Waals surface area contributed by atoms with E-state index in [9.17, 15) is 22.0 Å². The van der Waals surface area contributed by atoms with Crippen LogP contribution in [0, 0.1) is 0 Å². The summed E-state index contributed by atoms with van der Waals surface area (Å²) >= 11 is 2.42. The second kappa shape index (κ2) is 5.33. The summed E-state index contributed by atoms with van der Waals surface area (Å²) in [6.07, 6.45) is -5.63. The van der Waals surface area contributed by atoms with Gasteiger partial charge in [0.1, 0.15) is 0 Å². The van der Waals surface area contributed by atoms with E-state index in [-0.39, 0.29) is 12.8 Å². The lowest BCUT2D eigenvalue weighted by atomic mass is 10.1. The first kappa shape index (κ1) is 14.4. The summed E-state index contributed by atoms with van der Waals surface area (Å²) in [5.41, 5.74) is 0.731. The van der Waals surface area contributed by atoms with Crippen molar-refractivity contribution in [2.24, 2.45) is 0 Å². The molecule has 0 radical (unpaired) electrons. The van der Waals surface area contributed by atoms with E-state index >= 15 is 0 Å². The van der Waals surface area contributed by atoms with Crippen LogP contribution in [-0.2, 0) is 6.42 Å². The quantitative estimate of drug-likeness (QED) is 0.563. The Balaban J connectivity index is 2.59. The fourth-order valence-corrected chi connectivity index (χ4v) is 1.79. The highest BCUT2D eigenvalue weighted by atomic mass is 79.9. The van der Waals surface area contributed by atoms with E-state index in [0.717, 1.165) is 5.56 Å². The van der Waals surface area contributed by atoms with Gasteiger partial charge in [-0.1, -0.05) is 46.3 Å². The summed E-state index contributed by atoms with van der Waals surface area (Å²) < 4.78 is 61.8. The number of hydrogen-bond acceptors (Lipinski definition) is 0. The molecule has 0 aliphatic carbocycles. The van der Waals surface area contributed by atoms with Crippen LogP contribution in [0.15, 0.2) is 30.3 Å². The zero-order valence-electron chi connectivity index (χ0n) is 8.65. The lowest BCUT2D eigenvalue weighted by Crippen LogP contribution is -2.44. The summed E-state index contributed by atoms with van der Waals surface area (Å²) in [4.78, 5) is -1.91. The number of alkyl halides is 6. The van der Waals surface area contributed by atoms with Crippen molar-refractivity contribution in [1.29, 1.82) is 0 Å². The molecular weight excluding hydrogens is 307 g/mol. The van der Waals surface area contributed by atoms with Gasteiger partial charge in [0.25, 0.3) is 0 Å². The second-order valence-corrected chi connectivity index (χ2v) is 4.72. The van der Waals surface area contributed by atoms with Crippen molar-refractivity contribution in [3.63, 3.8) is 0 Å². The van der Waals surface area contributed by atoms with Gasteiger partial charge in [-0.2, -0.15) is 22.0 Å². The maximum atomic E-state index is 12.9. The van der Waals surface area contributed by atoms with Crippen LogP contribution in [0.3, 0.4) is 0 Å². The Morgan fingerprint density at radius 3 is 2.00 bits per heavy atom. The van der Waals surface area contributed by atoms with Crippen LogP contribution in [0.2, 0.25) is 0 Å². The van der Waals surface area contributed by atoms with E-state index in [0.29, 0.717) is 0 Å². The molecule has 1 atom stereocenters. The fourth-order valence-electron chi connectivity index (χ4n) is 1.30. The Hall–Kier alpha value is -0.650. The van der Waals surface area contributed by atoms with Gasteiger partial charge in [0, 0.05) is 0 Å². The van der Waals surface area contributed by atoms with Crippen molar-refractivity contribution >= 4 is 15.9 Å². The Kier molecular flexibility index (Phi) is 4.52. The minimum atomic E-state index is -5.52. The lowest BCUT2D eigenvalue weighted by molar-refractivity contribution is -0.281. The third-order valence-electron chi connectivity index (χ3n) is 2.30. The Morgan fingerprint density at radius 1 is 1.00 bits per heavy atom. The van der Waals surface area contributed by atoms with Gasteiger partial charge in [-0.3, -0.25) is 0 Å². The minimum Gasteiger partial charge on any atom is -0.195 e. The molecule has 0 nitrogen and oxygen atoms in total. The van der Waals surface area contributed by atoms with Crippen molar-refractivity contribution < 1.29 is 22.0 Å². The van der Waals surface area contributed by atoms with Crippen LogP contribution in [-0.4, -0.2) is 16.9 Å². The molecule has 1 aromatic carbocycles. The van der Waals surface area contributed by atoms with Gasteiger partial charge >= 0.3 is 12.1 Å². The maximum Gasteiger partial charge on any atom is 0.454 e. The highest BCUT2D eigenvalue weighted by molar-refractivity contribution is 9.09. The Morgan fingerprint density at radius 2 is 1.53 bits per heavy atom. The van der Waals surface area contributed by atoms with Crippen molar-refractivity contribution in [2.75, 3.05) is 0 Å². The van der Waals surface area contributed by atoms with Crippen molar-refractivity contribution in [3.05, 3.63) is 35.9 Å². The lowest BCUT2D eigenvalue weighted by Gasteiger charge is -2.24. The molecule has 0 bridgehead atoms. The zero-order valence-corrected chi connectivity index (χ0v) is 10.2. The average Bonchev–Trinajstić information content (AvgIpc) is 2.25. The number of rotatable bonds is 4. The summed E-state index contributed by atoms with van der Waals surface area (Å²) in [5.74, 6) is -4.71. The Labute approximate surface area is 104 Å². The van der Waals surface area contributed by atoms with Gasteiger partial charge in [-0.15, -0.1) is 0 Å². The van der Waals surface area contributed by atoms with Crippen molar-refractivity contribution in [2.45, 2.75) is 29.8 Å². The molecule has 0 heterocycles. The van der Waals surface area contributed by atoms with Gasteiger partial charge in [0.2, 0.25) is 0 Å². The second-order valence-electron chi connectivity index (χ2n) is 3.61. The van der Waals surface area contributed by atoms with E-state index in [1.807, 2.05) is 0 Å². The molecule has 0 N–H and O–H groups in total. The smallest absolute Gasteiger partial charge is 0.195 e. The summed E-state index contributed by atoms with van der Waals surface area (Å²) in [5, 5.41) is 0. The predicted molar refractivity (Wildman–Crippen MR) is 58.5 cm³/mol. The summed E-state index contributed by atoms with van der Waals surface area (Å²) in [7, 11) is 0. The van der Waals surface area contributed by atoms with Gasteiger partial charge in [0.05, 0.1) is 4.83 Å². The molecule has 96 valence electrons. The fraction of sp³-hybridized carbons (Fsp3) is 0.455. The number of halogens is 6. The first-order chi connectivity index (χ1) is 7.75. The molecule has 0 aliphatic rings. The SMILES string of the molecule is FC(F)(F)C(F)(F)C(Br)CCc1ccccc1. The molecule has 0 fully saturated rings. The monoisotopic (exact) mass is 316 g/mol. The predicted octanol–water partition coefficient (Wildman–Crippen LogP) is 4.58. The highest BCUT2D eigenvalue weighted by Gasteiger charge is 2.61. The van der Waals surface area contributed by atoms with Gasteiger partial charge in [-0.25, -0.2) is 0 Å². The van der Waals surface area contributed by atoms with E-state index in [1.165, 1.54) is 0 Å². The molecule has 0 saturated carbocycles. The standard InChI is InChI=1S/C11H10BrF5/c12-9(10(13,14)11(15,16)17)7-6-8-4-2-1-3-5-8/h1-5,9H,6-7H2. The van der Waals surface area contributed by atoms with Crippen LogP contribution >= 0.6 is 15.9 Å². The molecule has 0 aliphatic heterocycles. The molecule has 17 heavy (non-hydrogen) atoms. The van der Waals surface area contributed by atoms with E-state index < -0.39 is 16.9 Å². The van der Waals surface area contributed by atoms with E-state index in [2.05, 4.69) is 15.9 Å². The van der Waals surface area contributed by atoms with Crippen LogP contribution in [0.4, 0.5) is 22.0 Å². The van der Waals surface area contributed by atoms with Crippen LogP contribution in [0.1, 0.15) is 12.0 Å². The molecule has 1 unspecified atom stereocenters. The largest absolute Gasteiger partial charge is 0.454 e. The van der Waals surface area contributed by atoms with Crippen molar-refractivity contribution in [3.8, 4) is 0 Å². The molecule has 0 spiro atoms. The average molecular weight is 317 g/mol. The van der Waals surface area contributed by atoms with Crippen LogP contribution < -0.4 is 0 Å². The van der Waals surface area contributed by atoms with Crippen molar-refractivity contribution in [1.82, 2.24) is 0 Å². The summed E-state index contributed by atoms with van der Waals surface area (Å²) in [6, 6.07) is 8.54. The third-order valence-corrected chi connectivity index (χ3v) is 3.33. The number of aryl methyl sites for hydroxylation is 1. The minimum absolute atomic E-state index is 0.169.